The van der Waals surface area contributed by atoms with Gasteiger partial charge in [0.1, 0.15) is 12.7 Å². The van der Waals surface area contributed by atoms with Crippen LogP contribution in [0.15, 0.2) is 60.7 Å². The highest BCUT2D eigenvalue weighted by atomic mass is 28.3. The number of ether oxygens (including phenoxy) is 1. The Balaban J connectivity index is 2.12. The van der Waals surface area contributed by atoms with Crippen molar-refractivity contribution < 1.29 is 28.2 Å². The number of hydrogen-bond acceptors (Lipinski definition) is 4. The van der Waals surface area contributed by atoms with Crippen molar-refractivity contribution in [3.05, 3.63) is 71.8 Å². The lowest BCUT2D eigenvalue weighted by atomic mass is 9.96. The van der Waals surface area contributed by atoms with Crippen molar-refractivity contribution in [1.29, 1.82) is 0 Å². The number of carbonyl (C=O) groups excluding carboxylic acids is 2. The summed E-state index contributed by atoms with van der Waals surface area (Å²) in [7, 11) is -1.83. The Hall–Kier alpha value is -2.78. The van der Waals surface area contributed by atoms with E-state index < -0.39 is 38.1 Å². The van der Waals surface area contributed by atoms with Crippen LogP contribution in [0.25, 0.3) is 0 Å². The SMILES string of the molecule is C[Si](C)(C)CNC(=O)C(F)(F)C(O)C(Cc1ccccc1)NC(=O)OCc1ccccc1. The quantitative estimate of drug-likeness (QED) is 0.470. The second-order valence-electron chi connectivity index (χ2n) is 8.81. The second kappa shape index (κ2) is 11.2. The van der Waals surface area contributed by atoms with Gasteiger partial charge in [0.2, 0.25) is 0 Å². The van der Waals surface area contributed by atoms with Gasteiger partial charge in [-0.2, -0.15) is 8.78 Å². The number of halogens is 2. The van der Waals surface area contributed by atoms with Crippen LogP contribution in [0.1, 0.15) is 11.1 Å². The van der Waals surface area contributed by atoms with E-state index >= 15 is 0 Å². The van der Waals surface area contributed by atoms with E-state index in [1.807, 2.05) is 25.7 Å². The van der Waals surface area contributed by atoms with Crippen LogP contribution >= 0.6 is 0 Å². The Morgan fingerprint density at radius 3 is 2.06 bits per heavy atom. The van der Waals surface area contributed by atoms with E-state index in [9.17, 15) is 23.5 Å². The zero-order valence-electron chi connectivity index (χ0n) is 18.5. The van der Waals surface area contributed by atoms with E-state index in [2.05, 4.69) is 10.6 Å². The van der Waals surface area contributed by atoms with Gasteiger partial charge in [-0.3, -0.25) is 4.79 Å². The molecule has 9 heteroatoms. The highest BCUT2D eigenvalue weighted by Gasteiger charge is 2.50. The summed E-state index contributed by atoms with van der Waals surface area (Å²) in [5.74, 6) is -5.67. The van der Waals surface area contributed by atoms with Gasteiger partial charge < -0.3 is 20.5 Å². The van der Waals surface area contributed by atoms with Gasteiger partial charge in [-0.25, -0.2) is 4.79 Å². The molecule has 0 saturated heterocycles. The van der Waals surface area contributed by atoms with E-state index in [4.69, 9.17) is 4.74 Å². The average Bonchev–Trinajstić information content (AvgIpc) is 2.76. The standard InChI is InChI=1S/C23H30F2N2O4Si/c1-32(2,3)16-26-21(29)23(24,25)20(28)19(14-17-10-6-4-7-11-17)27-22(30)31-15-18-12-8-5-9-13-18/h4-13,19-20,28H,14-16H2,1-3H3,(H,26,29)(H,27,30). The number of alkyl halides is 2. The molecule has 2 unspecified atom stereocenters. The lowest BCUT2D eigenvalue weighted by Gasteiger charge is -2.30. The number of aliphatic hydroxyl groups is 1. The monoisotopic (exact) mass is 464 g/mol. The number of hydrogen-bond donors (Lipinski definition) is 3. The predicted molar refractivity (Wildman–Crippen MR) is 121 cm³/mol. The molecule has 0 saturated carbocycles. The molecule has 32 heavy (non-hydrogen) atoms. The van der Waals surface area contributed by atoms with Crippen molar-refractivity contribution in [1.82, 2.24) is 10.6 Å². The molecule has 0 bridgehead atoms. The minimum Gasteiger partial charge on any atom is -0.445 e. The van der Waals surface area contributed by atoms with Crippen molar-refractivity contribution in [2.45, 2.75) is 50.7 Å². The van der Waals surface area contributed by atoms with Gasteiger partial charge in [-0.15, -0.1) is 0 Å². The van der Waals surface area contributed by atoms with Gasteiger partial charge in [-0.05, 0) is 17.5 Å². The minimum atomic E-state index is -4.11. The number of alkyl carbamates (subject to hydrolysis) is 1. The van der Waals surface area contributed by atoms with E-state index in [-0.39, 0.29) is 19.2 Å². The molecule has 0 aliphatic carbocycles. The Morgan fingerprint density at radius 1 is 1.00 bits per heavy atom. The molecule has 0 spiro atoms. The van der Waals surface area contributed by atoms with E-state index in [0.717, 1.165) is 5.56 Å². The average molecular weight is 465 g/mol. The Morgan fingerprint density at radius 2 is 1.53 bits per heavy atom. The third kappa shape index (κ3) is 8.05. The third-order valence-corrected chi connectivity index (χ3v) is 5.89. The molecule has 2 rings (SSSR count). The first-order valence-electron chi connectivity index (χ1n) is 10.3. The maximum absolute atomic E-state index is 14.8. The molecule has 3 N–H and O–H groups in total. The molecule has 0 aliphatic rings. The van der Waals surface area contributed by atoms with Crippen LogP contribution in [0, 0.1) is 0 Å². The first-order chi connectivity index (χ1) is 15.0. The maximum atomic E-state index is 14.8. The molecule has 6 nitrogen and oxygen atoms in total. The number of aliphatic hydroxyl groups excluding tert-OH is 1. The van der Waals surface area contributed by atoms with E-state index in [1.165, 1.54) is 0 Å². The first-order valence-corrected chi connectivity index (χ1v) is 14.0. The van der Waals surface area contributed by atoms with Gasteiger partial charge in [0, 0.05) is 6.17 Å². The molecule has 174 valence electrons. The zero-order valence-corrected chi connectivity index (χ0v) is 19.5. The number of rotatable bonds is 10. The van der Waals surface area contributed by atoms with Gasteiger partial charge in [0.05, 0.1) is 14.1 Å². The summed E-state index contributed by atoms with van der Waals surface area (Å²) in [5.41, 5.74) is 1.33. The number of carbonyl (C=O) groups is 2. The Kier molecular flexibility index (Phi) is 8.91. The molecule has 2 aromatic carbocycles. The fourth-order valence-corrected chi connectivity index (χ4v) is 3.57. The van der Waals surface area contributed by atoms with Crippen molar-refractivity contribution in [3.8, 4) is 0 Å². The van der Waals surface area contributed by atoms with Crippen LogP contribution in [-0.2, 0) is 22.6 Å². The molecular formula is C23H30F2N2O4Si. The fraction of sp³-hybridized carbons (Fsp3) is 0.391. The molecule has 2 aromatic rings. The van der Waals surface area contributed by atoms with Gasteiger partial charge in [-0.1, -0.05) is 80.3 Å². The number of nitrogens with one attached hydrogen (secondary N) is 2. The molecule has 0 fully saturated rings. The topological polar surface area (TPSA) is 87.7 Å². The lowest BCUT2D eigenvalue weighted by molar-refractivity contribution is -0.166. The molecule has 0 aliphatic heterocycles. The molecule has 2 atom stereocenters. The molecule has 0 aromatic heterocycles. The van der Waals surface area contributed by atoms with Crippen molar-refractivity contribution in [2.24, 2.45) is 0 Å². The predicted octanol–water partition coefficient (Wildman–Crippen LogP) is 3.51. The van der Waals surface area contributed by atoms with Crippen molar-refractivity contribution in [2.75, 3.05) is 6.17 Å². The maximum Gasteiger partial charge on any atom is 0.407 e. The van der Waals surface area contributed by atoms with Crippen molar-refractivity contribution in [3.63, 3.8) is 0 Å². The van der Waals surface area contributed by atoms with Crippen LogP contribution in [0.3, 0.4) is 0 Å². The minimum absolute atomic E-state index is 0.0616. The van der Waals surface area contributed by atoms with E-state index in [1.54, 1.807) is 54.6 Å². The fourth-order valence-electron chi connectivity index (χ4n) is 2.88. The van der Waals surface area contributed by atoms with Crippen molar-refractivity contribution >= 4 is 20.1 Å². The van der Waals surface area contributed by atoms with Crippen LogP contribution in [0.5, 0.6) is 0 Å². The Labute approximate surface area is 188 Å². The smallest absolute Gasteiger partial charge is 0.407 e. The van der Waals surface area contributed by atoms with Gasteiger partial charge in [0.25, 0.3) is 5.91 Å². The Bertz CT molecular complexity index is 877. The largest absolute Gasteiger partial charge is 0.445 e. The lowest BCUT2D eigenvalue weighted by Crippen LogP contribution is -2.59. The van der Waals surface area contributed by atoms with Crippen LogP contribution in [0.2, 0.25) is 19.6 Å². The summed E-state index contributed by atoms with van der Waals surface area (Å²) in [5, 5.41) is 15.0. The second-order valence-corrected chi connectivity index (χ2v) is 14.3. The molecule has 0 heterocycles. The molecule has 0 radical (unpaired) electrons. The summed E-state index contributed by atoms with van der Waals surface area (Å²) in [6.07, 6.45) is -3.38. The van der Waals surface area contributed by atoms with Crippen LogP contribution < -0.4 is 10.6 Å². The highest BCUT2D eigenvalue weighted by molar-refractivity contribution is 6.76. The van der Waals surface area contributed by atoms with Gasteiger partial charge >= 0.3 is 12.0 Å². The molecular weight excluding hydrogens is 434 g/mol. The summed E-state index contributed by atoms with van der Waals surface area (Å²) in [6.45, 7) is 5.70. The van der Waals surface area contributed by atoms with E-state index in [0.29, 0.717) is 5.56 Å². The zero-order chi connectivity index (χ0) is 23.8. The van der Waals surface area contributed by atoms with Crippen LogP contribution in [0.4, 0.5) is 13.6 Å². The summed E-state index contributed by atoms with van der Waals surface area (Å²) < 4.78 is 34.7. The molecule has 2 amide bonds. The van der Waals surface area contributed by atoms with Crippen LogP contribution in [-0.4, -0.2) is 49.4 Å². The third-order valence-electron chi connectivity index (χ3n) is 4.65. The summed E-state index contributed by atoms with van der Waals surface area (Å²) >= 11 is 0. The number of amides is 2. The summed E-state index contributed by atoms with van der Waals surface area (Å²) in [6, 6.07) is 16.0. The normalized spacial score (nSPS) is 13.7. The highest BCUT2D eigenvalue weighted by Crippen LogP contribution is 2.24. The first kappa shape index (κ1) is 25.5. The number of benzene rings is 2. The summed E-state index contributed by atoms with van der Waals surface area (Å²) in [4.78, 5) is 24.5. The van der Waals surface area contributed by atoms with Gasteiger partial charge in [0.15, 0.2) is 0 Å².